The van der Waals surface area contributed by atoms with Crippen LogP contribution in [0.3, 0.4) is 0 Å². The SMILES string of the molecule is COc1ncc(Cl)cc1CC(=O)O. The summed E-state index contributed by atoms with van der Waals surface area (Å²) in [4.78, 5) is 14.3. The molecule has 0 radical (unpaired) electrons. The number of methoxy groups -OCH3 is 1. The number of hydrogen-bond donors (Lipinski definition) is 1. The summed E-state index contributed by atoms with van der Waals surface area (Å²) in [6.45, 7) is 0. The lowest BCUT2D eigenvalue weighted by atomic mass is 10.2. The first-order chi connectivity index (χ1) is 6.13. The van der Waals surface area contributed by atoms with Crippen molar-refractivity contribution in [3.63, 3.8) is 0 Å². The molecule has 0 aliphatic rings. The topological polar surface area (TPSA) is 59.4 Å². The molecule has 0 unspecified atom stereocenters. The highest BCUT2D eigenvalue weighted by atomic mass is 35.5. The first-order valence-corrected chi connectivity index (χ1v) is 3.91. The first-order valence-electron chi connectivity index (χ1n) is 3.53. The number of ether oxygens (including phenoxy) is 1. The average Bonchev–Trinajstić information content (AvgIpc) is 2.03. The van der Waals surface area contributed by atoms with Gasteiger partial charge in [0.15, 0.2) is 0 Å². The Morgan fingerprint density at radius 2 is 2.46 bits per heavy atom. The van der Waals surface area contributed by atoms with Crippen LogP contribution in [0.2, 0.25) is 5.02 Å². The molecule has 0 saturated heterocycles. The van der Waals surface area contributed by atoms with Crippen molar-refractivity contribution < 1.29 is 14.6 Å². The third-order valence-electron chi connectivity index (χ3n) is 1.43. The number of carboxylic acids is 1. The van der Waals surface area contributed by atoms with Crippen LogP contribution in [-0.4, -0.2) is 23.2 Å². The zero-order valence-electron chi connectivity index (χ0n) is 6.95. The molecule has 1 N–H and O–H groups in total. The van der Waals surface area contributed by atoms with Crippen LogP contribution >= 0.6 is 11.6 Å². The molecule has 0 amide bonds. The molecule has 1 aromatic rings. The van der Waals surface area contributed by atoms with Gasteiger partial charge in [-0.1, -0.05) is 11.6 Å². The number of carbonyl (C=O) groups is 1. The van der Waals surface area contributed by atoms with Crippen LogP contribution in [0, 0.1) is 0 Å². The van der Waals surface area contributed by atoms with Crippen molar-refractivity contribution in [1.29, 1.82) is 0 Å². The van der Waals surface area contributed by atoms with E-state index in [2.05, 4.69) is 4.98 Å². The molecule has 1 rings (SSSR count). The van der Waals surface area contributed by atoms with Crippen LogP contribution in [-0.2, 0) is 11.2 Å². The largest absolute Gasteiger partial charge is 0.481 e. The summed E-state index contributed by atoms with van der Waals surface area (Å²) < 4.78 is 4.87. The van der Waals surface area contributed by atoms with Crippen molar-refractivity contribution in [3.8, 4) is 5.88 Å². The molecule has 0 aromatic carbocycles. The standard InChI is InChI=1S/C8H8ClNO3/c1-13-8-5(3-7(11)12)2-6(9)4-10-8/h2,4H,3H2,1H3,(H,11,12). The minimum absolute atomic E-state index is 0.142. The lowest BCUT2D eigenvalue weighted by molar-refractivity contribution is -0.136. The molecule has 5 heteroatoms. The Morgan fingerprint density at radius 1 is 1.77 bits per heavy atom. The van der Waals surface area contributed by atoms with Crippen LogP contribution in [0.5, 0.6) is 5.88 Å². The van der Waals surface area contributed by atoms with Gasteiger partial charge < -0.3 is 9.84 Å². The van der Waals surface area contributed by atoms with Gasteiger partial charge in [0, 0.05) is 11.8 Å². The second kappa shape index (κ2) is 4.09. The molecular weight excluding hydrogens is 194 g/mol. The van der Waals surface area contributed by atoms with Crippen LogP contribution < -0.4 is 4.74 Å². The Bertz CT molecular complexity index is 327. The normalized spacial score (nSPS) is 9.69. The second-order valence-electron chi connectivity index (χ2n) is 2.39. The molecule has 0 bridgehead atoms. The molecule has 0 spiro atoms. The summed E-state index contributed by atoms with van der Waals surface area (Å²) >= 11 is 5.65. The predicted octanol–water partition coefficient (Wildman–Crippen LogP) is 1.37. The lowest BCUT2D eigenvalue weighted by Crippen LogP contribution is -2.03. The molecule has 0 aliphatic carbocycles. The molecule has 0 aliphatic heterocycles. The van der Waals surface area contributed by atoms with Crippen molar-refractivity contribution in [1.82, 2.24) is 4.98 Å². The predicted molar refractivity (Wildman–Crippen MR) is 47.1 cm³/mol. The number of aliphatic carboxylic acids is 1. The summed E-state index contributed by atoms with van der Waals surface area (Å²) in [5.74, 6) is -0.644. The summed E-state index contributed by atoms with van der Waals surface area (Å²) in [6.07, 6.45) is 1.27. The minimum atomic E-state index is -0.942. The van der Waals surface area contributed by atoms with E-state index < -0.39 is 5.97 Å². The Hall–Kier alpha value is -1.29. The fourth-order valence-corrected chi connectivity index (χ4v) is 1.12. The van der Waals surface area contributed by atoms with Gasteiger partial charge in [-0.15, -0.1) is 0 Å². The van der Waals surface area contributed by atoms with Crippen LogP contribution in [0.4, 0.5) is 0 Å². The highest BCUT2D eigenvalue weighted by molar-refractivity contribution is 6.30. The summed E-state index contributed by atoms with van der Waals surface area (Å²) in [7, 11) is 1.43. The monoisotopic (exact) mass is 201 g/mol. The fraction of sp³-hybridized carbons (Fsp3) is 0.250. The van der Waals surface area contributed by atoms with E-state index in [9.17, 15) is 4.79 Å². The zero-order chi connectivity index (χ0) is 9.84. The van der Waals surface area contributed by atoms with E-state index in [0.29, 0.717) is 16.5 Å². The van der Waals surface area contributed by atoms with Gasteiger partial charge in [-0.2, -0.15) is 0 Å². The third-order valence-corrected chi connectivity index (χ3v) is 1.63. The Morgan fingerprint density at radius 3 is 3.00 bits per heavy atom. The number of rotatable bonds is 3. The number of carboxylic acid groups (broad SMARTS) is 1. The number of pyridine rings is 1. The highest BCUT2D eigenvalue weighted by Gasteiger charge is 2.08. The van der Waals surface area contributed by atoms with Crippen molar-refractivity contribution >= 4 is 17.6 Å². The van der Waals surface area contributed by atoms with Crippen molar-refractivity contribution in [2.45, 2.75) is 6.42 Å². The highest BCUT2D eigenvalue weighted by Crippen LogP contribution is 2.19. The van der Waals surface area contributed by atoms with Crippen molar-refractivity contribution in [2.75, 3.05) is 7.11 Å². The van der Waals surface area contributed by atoms with Gasteiger partial charge in [0.1, 0.15) is 0 Å². The van der Waals surface area contributed by atoms with Gasteiger partial charge in [0.2, 0.25) is 5.88 Å². The van der Waals surface area contributed by atoms with Gasteiger partial charge in [-0.3, -0.25) is 4.79 Å². The Kier molecular flexibility index (Phi) is 3.08. The molecule has 1 heterocycles. The molecule has 0 fully saturated rings. The van der Waals surface area contributed by atoms with Crippen molar-refractivity contribution in [2.24, 2.45) is 0 Å². The molecule has 0 atom stereocenters. The molecule has 0 saturated carbocycles. The van der Waals surface area contributed by atoms with E-state index in [1.54, 1.807) is 0 Å². The van der Waals surface area contributed by atoms with E-state index >= 15 is 0 Å². The maximum absolute atomic E-state index is 10.4. The smallest absolute Gasteiger partial charge is 0.308 e. The Labute approximate surface area is 80.1 Å². The molecule has 70 valence electrons. The summed E-state index contributed by atoms with van der Waals surface area (Å²) in [6, 6.07) is 1.53. The van der Waals surface area contributed by atoms with Crippen LogP contribution in [0.25, 0.3) is 0 Å². The maximum Gasteiger partial charge on any atom is 0.308 e. The first kappa shape index (κ1) is 9.80. The van der Waals surface area contributed by atoms with Crippen LogP contribution in [0.15, 0.2) is 12.3 Å². The van der Waals surface area contributed by atoms with Crippen LogP contribution in [0.1, 0.15) is 5.56 Å². The summed E-state index contributed by atoms with van der Waals surface area (Å²) in [5, 5.41) is 8.95. The summed E-state index contributed by atoms with van der Waals surface area (Å²) in [5.41, 5.74) is 0.475. The van der Waals surface area contributed by atoms with Gasteiger partial charge >= 0.3 is 5.97 Å². The third kappa shape index (κ3) is 2.59. The lowest BCUT2D eigenvalue weighted by Gasteiger charge is -2.04. The van der Waals surface area contributed by atoms with E-state index in [4.69, 9.17) is 21.4 Å². The molecular formula is C8H8ClNO3. The number of nitrogens with zero attached hydrogens (tertiary/aromatic N) is 1. The maximum atomic E-state index is 10.4. The number of hydrogen-bond acceptors (Lipinski definition) is 3. The number of aromatic nitrogens is 1. The van der Waals surface area contributed by atoms with E-state index in [0.717, 1.165) is 0 Å². The number of halogens is 1. The quantitative estimate of drug-likeness (QED) is 0.803. The second-order valence-corrected chi connectivity index (χ2v) is 2.83. The van der Waals surface area contributed by atoms with E-state index in [1.807, 2.05) is 0 Å². The molecule has 1 aromatic heterocycles. The van der Waals surface area contributed by atoms with Gasteiger partial charge in [0.05, 0.1) is 18.6 Å². The van der Waals surface area contributed by atoms with Gasteiger partial charge in [0.25, 0.3) is 0 Å². The molecule has 13 heavy (non-hydrogen) atoms. The Balaban J connectivity index is 3.01. The minimum Gasteiger partial charge on any atom is -0.481 e. The fourth-order valence-electron chi connectivity index (χ4n) is 0.942. The van der Waals surface area contributed by atoms with E-state index in [1.165, 1.54) is 19.4 Å². The zero-order valence-corrected chi connectivity index (χ0v) is 7.71. The average molecular weight is 202 g/mol. The van der Waals surface area contributed by atoms with Crippen molar-refractivity contribution in [3.05, 3.63) is 22.8 Å². The molecule has 4 nitrogen and oxygen atoms in total. The van der Waals surface area contributed by atoms with E-state index in [-0.39, 0.29) is 6.42 Å². The van der Waals surface area contributed by atoms with Gasteiger partial charge in [-0.25, -0.2) is 4.98 Å². The van der Waals surface area contributed by atoms with Gasteiger partial charge in [-0.05, 0) is 6.07 Å².